The molecule has 0 aliphatic carbocycles. The van der Waals surface area contributed by atoms with Gasteiger partial charge in [-0.2, -0.15) is 0 Å². The van der Waals surface area contributed by atoms with E-state index in [-0.39, 0.29) is 20.6 Å². The second-order valence-electron chi connectivity index (χ2n) is 3.92. The Balaban J connectivity index is 2.44. The number of nitrogens with two attached hydrogens (primary N) is 1. The van der Waals surface area contributed by atoms with Crippen molar-refractivity contribution in [2.45, 2.75) is 4.90 Å². The summed E-state index contributed by atoms with van der Waals surface area (Å²) in [5.41, 5.74) is 5.74. The van der Waals surface area contributed by atoms with Crippen LogP contribution < -0.4 is 10.5 Å². The number of halogens is 3. The zero-order valence-electron chi connectivity index (χ0n) is 9.90. The summed E-state index contributed by atoms with van der Waals surface area (Å²) in [4.78, 5) is -0.0473. The number of hydrogen-bond acceptors (Lipinski definition) is 3. The van der Waals surface area contributed by atoms with E-state index < -0.39 is 15.8 Å². The van der Waals surface area contributed by atoms with E-state index in [1.54, 1.807) is 6.07 Å². The first-order valence-corrected chi connectivity index (χ1v) is 7.56. The Kier molecular flexibility index (Phi) is 4.08. The maximum absolute atomic E-state index is 13.1. The van der Waals surface area contributed by atoms with Gasteiger partial charge in [0.2, 0.25) is 0 Å². The summed E-state index contributed by atoms with van der Waals surface area (Å²) in [6, 6.07) is 7.63. The van der Waals surface area contributed by atoms with Crippen LogP contribution in [0.1, 0.15) is 0 Å². The van der Waals surface area contributed by atoms with Crippen LogP contribution in [0.5, 0.6) is 0 Å². The molecule has 2 rings (SSSR count). The van der Waals surface area contributed by atoms with Gasteiger partial charge in [-0.15, -0.1) is 0 Å². The molecule has 0 atom stereocenters. The molecule has 2 aromatic carbocycles. The summed E-state index contributed by atoms with van der Waals surface area (Å²) in [6.45, 7) is 0. The van der Waals surface area contributed by atoms with Crippen LogP contribution in [0.25, 0.3) is 0 Å². The lowest BCUT2D eigenvalue weighted by molar-refractivity contribution is 0.601. The number of nitrogen functional groups attached to an aromatic ring is 1. The van der Waals surface area contributed by atoms with Crippen molar-refractivity contribution in [2.24, 2.45) is 0 Å². The molecule has 0 bridgehead atoms. The minimum Gasteiger partial charge on any atom is -0.399 e. The molecule has 0 spiro atoms. The first kappa shape index (κ1) is 14.9. The van der Waals surface area contributed by atoms with Crippen molar-refractivity contribution >= 4 is 44.6 Å². The zero-order chi connectivity index (χ0) is 14.9. The molecule has 0 saturated carbocycles. The van der Waals surface area contributed by atoms with E-state index >= 15 is 0 Å². The quantitative estimate of drug-likeness (QED) is 0.843. The van der Waals surface area contributed by atoms with Gasteiger partial charge < -0.3 is 5.73 Å². The number of rotatable bonds is 3. The number of hydrogen-bond donors (Lipinski definition) is 2. The molecular weight excluding hydrogens is 326 g/mol. The van der Waals surface area contributed by atoms with Crippen molar-refractivity contribution in [1.29, 1.82) is 0 Å². The Hall–Kier alpha value is -1.50. The molecule has 0 unspecified atom stereocenters. The zero-order valence-corrected chi connectivity index (χ0v) is 12.2. The van der Waals surface area contributed by atoms with Gasteiger partial charge in [-0.05, 0) is 30.3 Å². The fourth-order valence-corrected chi connectivity index (χ4v) is 3.34. The highest BCUT2D eigenvalue weighted by atomic mass is 35.5. The predicted molar refractivity (Wildman–Crippen MR) is 78.1 cm³/mol. The van der Waals surface area contributed by atoms with Gasteiger partial charge in [-0.25, -0.2) is 12.8 Å². The van der Waals surface area contributed by atoms with Gasteiger partial charge in [0.15, 0.2) is 0 Å². The van der Waals surface area contributed by atoms with Gasteiger partial charge in [-0.1, -0.05) is 29.3 Å². The third kappa shape index (κ3) is 3.15. The summed E-state index contributed by atoms with van der Waals surface area (Å²) in [7, 11) is -3.92. The summed E-state index contributed by atoms with van der Waals surface area (Å²) >= 11 is 11.6. The molecular formula is C12H9Cl2FN2O2S. The van der Waals surface area contributed by atoms with E-state index in [0.717, 1.165) is 12.1 Å². The minimum atomic E-state index is -3.92. The number of sulfonamides is 1. The molecule has 4 nitrogen and oxygen atoms in total. The normalized spacial score (nSPS) is 11.3. The number of benzene rings is 2. The van der Waals surface area contributed by atoms with Gasteiger partial charge >= 0.3 is 0 Å². The SMILES string of the molecule is Nc1cccc(S(=O)(=O)Nc2c(Cl)cc(F)cc2Cl)c1. The van der Waals surface area contributed by atoms with Crippen LogP contribution in [-0.4, -0.2) is 8.42 Å². The first-order chi connectivity index (χ1) is 9.29. The van der Waals surface area contributed by atoms with Crippen LogP contribution in [0.15, 0.2) is 41.3 Å². The Bertz CT molecular complexity index is 743. The molecule has 0 fully saturated rings. The summed E-state index contributed by atoms with van der Waals surface area (Å²) in [5.74, 6) is -0.660. The van der Waals surface area contributed by atoms with Crippen molar-refractivity contribution in [3.05, 3.63) is 52.3 Å². The van der Waals surface area contributed by atoms with E-state index in [4.69, 9.17) is 28.9 Å². The van der Waals surface area contributed by atoms with Crippen LogP contribution in [0.2, 0.25) is 10.0 Å². The second-order valence-corrected chi connectivity index (χ2v) is 6.42. The van der Waals surface area contributed by atoms with Gasteiger partial charge in [0.25, 0.3) is 10.0 Å². The molecule has 0 aromatic heterocycles. The van der Waals surface area contributed by atoms with Crippen LogP contribution >= 0.6 is 23.2 Å². The molecule has 8 heteroatoms. The number of nitrogens with one attached hydrogen (secondary N) is 1. The summed E-state index contributed by atoms with van der Waals surface area (Å²) < 4.78 is 39.6. The monoisotopic (exact) mass is 334 g/mol. The molecule has 0 aliphatic rings. The third-order valence-corrected chi connectivity index (χ3v) is 4.36. The fourth-order valence-electron chi connectivity index (χ4n) is 1.51. The lowest BCUT2D eigenvalue weighted by Crippen LogP contribution is -2.14. The van der Waals surface area contributed by atoms with Gasteiger partial charge in [0.1, 0.15) is 5.82 Å². The molecule has 0 heterocycles. The molecule has 0 radical (unpaired) electrons. The predicted octanol–water partition coefficient (Wildman–Crippen LogP) is 3.52. The lowest BCUT2D eigenvalue weighted by Gasteiger charge is -2.11. The Labute approximate surface area is 125 Å². The lowest BCUT2D eigenvalue weighted by atomic mass is 10.3. The van der Waals surface area contributed by atoms with Crippen LogP contribution in [0.4, 0.5) is 15.8 Å². The molecule has 0 aliphatic heterocycles. The third-order valence-electron chi connectivity index (χ3n) is 2.41. The summed E-state index contributed by atoms with van der Waals surface area (Å²) in [6.07, 6.45) is 0. The maximum Gasteiger partial charge on any atom is 0.262 e. The minimum absolute atomic E-state index is 0.0473. The van der Waals surface area contributed by atoms with Crippen molar-refractivity contribution in [3.63, 3.8) is 0 Å². The van der Waals surface area contributed by atoms with Crippen LogP contribution in [-0.2, 0) is 10.0 Å². The molecule has 20 heavy (non-hydrogen) atoms. The highest BCUT2D eigenvalue weighted by Gasteiger charge is 2.18. The second kappa shape index (κ2) is 5.47. The van der Waals surface area contributed by atoms with E-state index in [1.807, 2.05) is 0 Å². The molecule has 2 aromatic rings. The fraction of sp³-hybridized carbons (Fsp3) is 0. The van der Waals surface area contributed by atoms with E-state index in [2.05, 4.69) is 4.72 Å². The van der Waals surface area contributed by atoms with E-state index in [9.17, 15) is 12.8 Å². The highest BCUT2D eigenvalue weighted by Crippen LogP contribution is 2.33. The van der Waals surface area contributed by atoms with Crippen molar-refractivity contribution < 1.29 is 12.8 Å². The standard InChI is InChI=1S/C12H9Cl2FN2O2S/c13-10-4-7(15)5-11(14)12(10)17-20(18,19)9-3-1-2-8(16)6-9/h1-6,17H,16H2. The van der Waals surface area contributed by atoms with Crippen molar-refractivity contribution in [3.8, 4) is 0 Å². The topological polar surface area (TPSA) is 72.2 Å². The Morgan fingerprint density at radius 2 is 1.70 bits per heavy atom. The average Bonchev–Trinajstić information content (AvgIpc) is 2.34. The Morgan fingerprint density at radius 1 is 1.10 bits per heavy atom. The largest absolute Gasteiger partial charge is 0.399 e. The van der Waals surface area contributed by atoms with E-state index in [0.29, 0.717) is 5.69 Å². The highest BCUT2D eigenvalue weighted by molar-refractivity contribution is 7.92. The number of anilines is 2. The van der Waals surface area contributed by atoms with Gasteiger partial charge in [-0.3, -0.25) is 4.72 Å². The van der Waals surface area contributed by atoms with Crippen LogP contribution in [0.3, 0.4) is 0 Å². The van der Waals surface area contributed by atoms with Gasteiger partial charge in [0.05, 0.1) is 20.6 Å². The first-order valence-electron chi connectivity index (χ1n) is 5.32. The smallest absolute Gasteiger partial charge is 0.262 e. The van der Waals surface area contributed by atoms with E-state index in [1.165, 1.54) is 18.2 Å². The van der Waals surface area contributed by atoms with Crippen molar-refractivity contribution in [1.82, 2.24) is 0 Å². The molecule has 3 N–H and O–H groups in total. The Morgan fingerprint density at radius 3 is 2.25 bits per heavy atom. The molecule has 0 amide bonds. The molecule has 106 valence electrons. The maximum atomic E-state index is 13.1. The van der Waals surface area contributed by atoms with Crippen molar-refractivity contribution in [2.75, 3.05) is 10.5 Å². The summed E-state index contributed by atoms with van der Waals surface area (Å²) in [5, 5.41) is -0.273. The average molecular weight is 335 g/mol. The molecule has 0 saturated heterocycles. The van der Waals surface area contributed by atoms with Gasteiger partial charge in [0, 0.05) is 5.69 Å². The van der Waals surface area contributed by atoms with Crippen LogP contribution in [0, 0.1) is 5.82 Å².